The Hall–Kier alpha value is -0.350. The van der Waals surface area contributed by atoms with E-state index in [-0.39, 0.29) is 0 Å². The quantitative estimate of drug-likeness (QED) is 0.695. The summed E-state index contributed by atoms with van der Waals surface area (Å²) in [5, 5.41) is 3.46. The third-order valence-corrected chi connectivity index (χ3v) is 4.92. The Morgan fingerprint density at radius 2 is 2.31 bits per heavy atom. The molecule has 0 aromatic heterocycles. The Balaban J connectivity index is 2.39. The first-order chi connectivity index (χ1) is 7.57. The standard InChI is InChI=1S/C12H23NO2S/c1-3-5-12(13-7-4-2)9-11-6-8-16(14,15)10-11/h3,11-13H,1,4-10H2,2H3. The minimum atomic E-state index is -2.73. The van der Waals surface area contributed by atoms with Gasteiger partial charge in [-0.1, -0.05) is 13.0 Å². The number of nitrogens with one attached hydrogen (secondary N) is 1. The van der Waals surface area contributed by atoms with Gasteiger partial charge in [0.2, 0.25) is 0 Å². The van der Waals surface area contributed by atoms with Crippen molar-refractivity contribution in [2.45, 2.75) is 38.6 Å². The molecule has 0 amide bonds. The molecule has 0 bridgehead atoms. The molecule has 1 fully saturated rings. The van der Waals surface area contributed by atoms with Crippen molar-refractivity contribution in [3.63, 3.8) is 0 Å². The van der Waals surface area contributed by atoms with Crippen molar-refractivity contribution in [3.05, 3.63) is 12.7 Å². The van der Waals surface area contributed by atoms with Gasteiger partial charge in [-0.2, -0.15) is 0 Å². The zero-order valence-electron chi connectivity index (χ0n) is 10.1. The Morgan fingerprint density at radius 1 is 1.56 bits per heavy atom. The molecule has 3 nitrogen and oxygen atoms in total. The van der Waals surface area contributed by atoms with Crippen LogP contribution in [0.2, 0.25) is 0 Å². The fraction of sp³-hybridized carbons (Fsp3) is 0.833. The highest BCUT2D eigenvalue weighted by Gasteiger charge is 2.29. The molecular formula is C12H23NO2S. The third-order valence-electron chi connectivity index (χ3n) is 3.08. The van der Waals surface area contributed by atoms with E-state index in [1.807, 2.05) is 6.08 Å². The van der Waals surface area contributed by atoms with E-state index in [1.54, 1.807) is 0 Å². The molecule has 1 saturated heterocycles. The van der Waals surface area contributed by atoms with Crippen LogP contribution in [0.1, 0.15) is 32.6 Å². The molecule has 0 radical (unpaired) electrons. The lowest BCUT2D eigenvalue weighted by molar-refractivity contribution is 0.407. The van der Waals surface area contributed by atoms with E-state index in [4.69, 9.17) is 0 Å². The van der Waals surface area contributed by atoms with Crippen LogP contribution in [-0.2, 0) is 9.84 Å². The van der Waals surface area contributed by atoms with Gasteiger partial charge in [-0.25, -0.2) is 8.42 Å². The van der Waals surface area contributed by atoms with E-state index in [1.165, 1.54) is 0 Å². The van der Waals surface area contributed by atoms with Crippen LogP contribution in [0.4, 0.5) is 0 Å². The Morgan fingerprint density at radius 3 is 2.81 bits per heavy atom. The first-order valence-corrected chi connectivity index (χ1v) is 7.94. The molecule has 94 valence electrons. The highest BCUT2D eigenvalue weighted by Crippen LogP contribution is 2.23. The van der Waals surface area contributed by atoms with Gasteiger partial charge in [0.1, 0.15) is 0 Å². The summed E-state index contributed by atoms with van der Waals surface area (Å²) in [7, 11) is -2.73. The molecule has 4 heteroatoms. The predicted molar refractivity (Wildman–Crippen MR) is 68.3 cm³/mol. The van der Waals surface area contributed by atoms with Crippen molar-refractivity contribution in [2.75, 3.05) is 18.1 Å². The molecule has 1 N–H and O–H groups in total. The van der Waals surface area contributed by atoms with Crippen LogP contribution in [0.5, 0.6) is 0 Å². The highest BCUT2D eigenvalue weighted by molar-refractivity contribution is 7.91. The summed E-state index contributed by atoms with van der Waals surface area (Å²) >= 11 is 0. The maximum atomic E-state index is 11.4. The van der Waals surface area contributed by atoms with Crippen LogP contribution in [0, 0.1) is 5.92 Å². The Labute approximate surface area is 99.2 Å². The van der Waals surface area contributed by atoms with Gasteiger partial charge in [-0.3, -0.25) is 0 Å². The SMILES string of the molecule is C=CCC(CC1CCS(=O)(=O)C1)NCCC. The molecule has 1 rings (SSSR count). The average molecular weight is 245 g/mol. The van der Waals surface area contributed by atoms with Crippen molar-refractivity contribution < 1.29 is 8.42 Å². The van der Waals surface area contributed by atoms with E-state index in [2.05, 4.69) is 18.8 Å². The van der Waals surface area contributed by atoms with Gasteiger partial charge in [0.25, 0.3) is 0 Å². The Kier molecular flexibility index (Phi) is 5.49. The normalized spacial score (nSPS) is 25.4. The van der Waals surface area contributed by atoms with Crippen molar-refractivity contribution in [3.8, 4) is 0 Å². The van der Waals surface area contributed by atoms with Gasteiger partial charge >= 0.3 is 0 Å². The summed E-state index contributed by atoms with van der Waals surface area (Å²) in [5.74, 6) is 1.11. The van der Waals surface area contributed by atoms with Crippen LogP contribution in [0.25, 0.3) is 0 Å². The van der Waals surface area contributed by atoms with Crippen molar-refractivity contribution in [2.24, 2.45) is 5.92 Å². The molecule has 2 atom stereocenters. The fourth-order valence-electron chi connectivity index (χ4n) is 2.27. The second kappa shape index (κ2) is 6.40. The minimum Gasteiger partial charge on any atom is -0.314 e. The van der Waals surface area contributed by atoms with E-state index >= 15 is 0 Å². The zero-order valence-corrected chi connectivity index (χ0v) is 10.9. The molecule has 16 heavy (non-hydrogen) atoms. The third kappa shape index (κ3) is 4.66. The minimum absolute atomic E-state index is 0.347. The summed E-state index contributed by atoms with van der Waals surface area (Å²) < 4.78 is 22.7. The van der Waals surface area contributed by atoms with Crippen LogP contribution in [0.3, 0.4) is 0 Å². The number of hydrogen-bond acceptors (Lipinski definition) is 3. The van der Waals surface area contributed by atoms with Crippen molar-refractivity contribution in [1.82, 2.24) is 5.32 Å². The molecule has 0 aliphatic carbocycles. The molecule has 2 unspecified atom stereocenters. The lowest BCUT2D eigenvalue weighted by Gasteiger charge is -2.19. The van der Waals surface area contributed by atoms with E-state index in [0.29, 0.717) is 23.5 Å². The second-order valence-electron chi connectivity index (χ2n) is 4.68. The van der Waals surface area contributed by atoms with Gasteiger partial charge in [0.05, 0.1) is 11.5 Å². The molecule has 0 saturated carbocycles. The summed E-state index contributed by atoms with van der Waals surface area (Å²) in [5.41, 5.74) is 0. The lowest BCUT2D eigenvalue weighted by Crippen LogP contribution is -2.31. The molecule has 0 aromatic carbocycles. The predicted octanol–water partition coefficient (Wildman–Crippen LogP) is 1.76. The van der Waals surface area contributed by atoms with E-state index in [9.17, 15) is 8.42 Å². The summed E-state index contributed by atoms with van der Waals surface area (Å²) in [6, 6.07) is 0.399. The van der Waals surface area contributed by atoms with Crippen LogP contribution >= 0.6 is 0 Å². The fourth-order valence-corrected chi connectivity index (χ4v) is 4.15. The molecule has 1 heterocycles. The number of rotatable bonds is 7. The van der Waals surface area contributed by atoms with E-state index < -0.39 is 9.84 Å². The smallest absolute Gasteiger partial charge is 0.150 e. The summed E-state index contributed by atoms with van der Waals surface area (Å²) in [6.45, 7) is 6.89. The first-order valence-electron chi connectivity index (χ1n) is 6.12. The molecule has 0 aromatic rings. The van der Waals surface area contributed by atoms with Crippen LogP contribution < -0.4 is 5.32 Å². The molecular weight excluding hydrogens is 222 g/mol. The topological polar surface area (TPSA) is 46.2 Å². The monoisotopic (exact) mass is 245 g/mol. The Bertz CT molecular complexity index is 311. The molecule has 1 aliphatic rings. The largest absolute Gasteiger partial charge is 0.314 e. The lowest BCUT2D eigenvalue weighted by atomic mass is 9.97. The van der Waals surface area contributed by atoms with Crippen molar-refractivity contribution in [1.29, 1.82) is 0 Å². The van der Waals surface area contributed by atoms with Gasteiger partial charge in [0, 0.05) is 6.04 Å². The van der Waals surface area contributed by atoms with Gasteiger partial charge in [-0.15, -0.1) is 6.58 Å². The van der Waals surface area contributed by atoms with Gasteiger partial charge in [0.15, 0.2) is 9.84 Å². The van der Waals surface area contributed by atoms with Gasteiger partial charge in [-0.05, 0) is 38.1 Å². The van der Waals surface area contributed by atoms with Crippen LogP contribution in [0.15, 0.2) is 12.7 Å². The average Bonchev–Trinajstić information content (AvgIpc) is 2.55. The highest BCUT2D eigenvalue weighted by atomic mass is 32.2. The number of hydrogen-bond donors (Lipinski definition) is 1. The maximum absolute atomic E-state index is 11.4. The van der Waals surface area contributed by atoms with Gasteiger partial charge < -0.3 is 5.32 Å². The molecule has 0 spiro atoms. The zero-order chi connectivity index (χ0) is 12.0. The van der Waals surface area contributed by atoms with Crippen molar-refractivity contribution >= 4 is 9.84 Å². The number of sulfone groups is 1. The summed E-state index contributed by atoms with van der Waals surface area (Å²) in [6.07, 6.45) is 5.75. The molecule has 1 aliphatic heterocycles. The van der Waals surface area contributed by atoms with Crippen LogP contribution in [-0.4, -0.2) is 32.5 Å². The summed E-state index contributed by atoms with van der Waals surface area (Å²) in [4.78, 5) is 0. The second-order valence-corrected chi connectivity index (χ2v) is 6.91. The van der Waals surface area contributed by atoms with E-state index in [0.717, 1.165) is 32.2 Å². The first kappa shape index (κ1) is 13.7. The maximum Gasteiger partial charge on any atom is 0.150 e.